The van der Waals surface area contributed by atoms with Gasteiger partial charge in [-0.25, -0.2) is 0 Å². The molecule has 0 spiro atoms. The largest absolute Gasteiger partial charge is 0.390 e. The average Bonchev–Trinajstić information content (AvgIpc) is 2.53. The molecular weight excluding hydrogens is 188 g/mol. The zero-order chi connectivity index (χ0) is 9.26. The van der Waals surface area contributed by atoms with Crippen LogP contribution in [-0.2, 0) is 4.74 Å². The van der Waals surface area contributed by atoms with Crippen molar-refractivity contribution >= 4 is 11.6 Å². The number of rotatable bonds is 1. The summed E-state index contributed by atoms with van der Waals surface area (Å²) in [6.07, 6.45) is -0.374. The van der Waals surface area contributed by atoms with Crippen molar-refractivity contribution < 1.29 is 9.84 Å². The predicted octanol–water partition coefficient (Wildman–Crippen LogP) is 1.81. The van der Waals surface area contributed by atoms with Crippen LogP contribution < -0.4 is 0 Å². The minimum atomic E-state index is -0.374. The molecule has 0 amide bonds. The molecule has 0 bridgehead atoms. The molecule has 0 aliphatic carbocycles. The van der Waals surface area contributed by atoms with Crippen LogP contribution in [0.25, 0.3) is 0 Å². The van der Waals surface area contributed by atoms with E-state index in [1.165, 1.54) is 0 Å². The molecular formula is C10H11ClO2. The lowest BCUT2D eigenvalue weighted by atomic mass is 9.97. The van der Waals surface area contributed by atoms with Gasteiger partial charge in [0.05, 0.1) is 19.3 Å². The van der Waals surface area contributed by atoms with Gasteiger partial charge in [-0.05, 0) is 17.7 Å². The third kappa shape index (κ3) is 1.85. The lowest BCUT2D eigenvalue weighted by molar-refractivity contribution is 0.124. The number of hydrogen-bond acceptors (Lipinski definition) is 2. The normalized spacial score (nSPS) is 27.8. The summed E-state index contributed by atoms with van der Waals surface area (Å²) in [6, 6.07) is 7.54. The van der Waals surface area contributed by atoms with Gasteiger partial charge in [-0.15, -0.1) is 0 Å². The van der Waals surface area contributed by atoms with E-state index in [2.05, 4.69) is 0 Å². The molecule has 0 saturated carbocycles. The molecule has 0 radical (unpaired) electrons. The second kappa shape index (κ2) is 3.66. The van der Waals surface area contributed by atoms with Crippen molar-refractivity contribution in [2.24, 2.45) is 0 Å². The van der Waals surface area contributed by atoms with Crippen LogP contribution in [0.4, 0.5) is 0 Å². The van der Waals surface area contributed by atoms with Gasteiger partial charge in [-0.3, -0.25) is 0 Å². The van der Waals surface area contributed by atoms with Crippen LogP contribution in [0.3, 0.4) is 0 Å². The molecule has 1 aliphatic rings. The number of ether oxygens (including phenoxy) is 1. The van der Waals surface area contributed by atoms with Crippen molar-refractivity contribution in [3.05, 3.63) is 34.9 Å². The first kappa shape index (κ1) is 9.00. The van der Waals surface area contributed by atoms with Gasteiger partial charge in [0.2, 0.25) is 0 Å². The molecule has 1 N–H and O–H groups in total. The van der Waals surface area contributed by atoms with E-state index in [9.17, 15) is 5.11 Å². The summed E-state index contributed by atoms with van der Waals surface area (Å²) in [4.78, 5) is 0. The quantitative estimate of drug-likeness (QED) is 0.746. The van der Waals surface area contributed by atoms with E-state index in [1.807, 2.05) is 24.3 Å². The first-order chi connectivity index (χ1) is 6.27. The van der Waals surface area contributed by atoms with E-state index < -0.39 is 0 Å². The second-order valence-electron chi connectivity index (χ2n) is 3.26. The highest BCUT2D eigenvalue weighted by molar-refractivity contribution is 6.30. The third-order valence-corrected chi connectivity index (χ3v) is 2.60. The molecule has 1 aromatic carbocycles. The van der Waals surface area contributed by atoms with Crippen molar-refractivity contribution in [1.82, 2.24) is 0 Å². The number of aliphatic hydroxyl groups is 1. The first-order valence-corrected chi connectivity index (χ1v) is 4.66. The fraction of sp³-hybridized carbons (Fsp3) is 0.400. The molecule has 1 aliphatic heterocycles. The highest BCUT2D eigenvalue weighted by Crippen LogP contribution is 2.26. The van der Waals surface area contributed by atoms with E-state index >= 15 is 0 Å². The van der Waals surface area contributed by atoms with E-state index in [4.69, 9.17) is 16.3 Å². The van der Waals surface area contributed by atoms with Gasteiger partial charge in [-0.2, -0.15) is 0 Å². The van der Waals surface area contributed by atoms with Crippen molar-refractivity contribution in [2.75, 3.05) is 13.2 Å². The van der Waals surface area contributed by atoms with Gasteiger partial charge < -0.3 is 9.84 Å². The van der Waals surface area contributed by atoms with Crippen molar-refractivity contribution in [3.8, 4) is 0 Å². The zero-order valence-corrected chi connectivity index (χ0v) is 7.87. The summed E-state index contributed by atoms with van der Waals surface area (Å²) in [5, 5.41) is 10.3. The molecule has 70 valence electrons. The van der Waals surface area contributed by atoms with Crippen LogP contribution in [0.1, 0.15) is 11.5 Å². The Morgan fingerprint density at radius 1 is 1.23 bits per heavy atom. The van der Waals surface area contributed by atoms with Gasteiger partial charge in [0.1, 0.15) is 0 Å². The van der Waals surface area contributed by atoms with Crippen LogP contribution in [-0.4, -0.2) is 24.4 Å². The smallest absolute Gasteiger partial charge is 0.0864 e. The fourth-order valence-corrected chi connectivity index (χ4v) is 1.70. The summed E-state index contributed by atoms with van der Waals surface area (Å²) in [7, 11) is 0. The van der Waals surface area contributed by atoms with Gasteiger partial charge in [0.15, 0.2) is 0 Å². The molecule has 1 fully saturated rings. The molecule has 0 aromatic heterocycles. The lowest BCUT2D eigenvalue weighted by Gasteiger charge is -2.12. The van der Waals surface area contributed by atoms with Crippen LogP contribution in [0.15, 0.2) is 24.3 Å². The third-order valence-electron chi connectivity index (χ3n) is 2.35. The maximum absolute atomic E-state index is 9.55. The van der Waals surface area contributed by atoms with Crippen molar-refractivity contribution in [3.63, 3.8) is 0 Å². The monoisotopic (exact) mass is 198 g/mol. The van der Waals surface area contributed by atoms with Crippen molar-refractivity contribution in [2.45, 2.75) is 12.0 Å². The van der Waals surface area contributed by atoms with Gasteiger partial charge in [-0.1, -0.05) is 23.7 Å². The molecule has 3 heteroatoms. The standard InChI is InChI=1S/C10H11ClO2/c11-8-3-1-7(2-4-8)9-5-13-6-10(9)12/h1-4,9-10,12H,5-6H2/t9-,10+/m1/s1. The van der Waals surface area contributed by atoms with E-state index in [0.29, 0.717) is 13.2 Å². The highest BCUT2D eigenvalue weighted by Gasteiger charge is 2.27. The SMILES string of the molecule is O[C@H]1COC[C@@H]1c1ccc(Cl)cc1. The maximum Gasteiger partial charge on any atom is 0.0864 e. The molecule has 1 saturated heterocycles. The van der Waals surface area contributed by atoms with Gasteiger partial charge in [0.25, 0.3) is 0 Å². The van der Waals surface area contributed by atoms with Crippen molar-refractivity contribution in [1.29, 1.82) is 0 Å². The summed E-state index contributed by atoms with van der Waals surface area (Å²) in [5.41, 5.74) is 1.09. The van der Waals surface area contributed by atoms with E-state index in [0.717, 1.165) is 10.6 Å². The molecule has 2 nitrogen and oxygen atoms in total. The molecule has 13 heavy (non-hydrogen) atoms. The van der Waals surface area contributed by atoms with Crippen LogP contribution >= 0.6 is 11.6 Å². The Bertz CT molecular complexity index is 283. The summed E-state index contributed by atoms with van der Waals surface area (Å²) < 4.78 is 5.17. The minimum Gasteiger partial charge on any atom is -0.390 e. The summed E-state index contributed by atoms with van der Waals surface area (Å²) in [5.74, 6) is 0.109. The Balaban J connectivity index is 2.20. The Hall–Kier alpha value is -0.570. The summed E-state index contributed by atoms with van der Waals surface area (Å²) >= 11 is 5.76. The number of benzene rings is 1. The molecule has 0 unspecified atom stereocenters. The predicted molar refractivity (Wildman–Crippen MR) is 51.0 cm³/mol. The maximum atomic E-state index is 9.55. The zero-order valence-electron chi connectivity index (χ0n) is 7.11. The lowest BCUT2D eigenvalue weighted by Crippen LogP contribution is -2.15. The Morgan fingerprint density at radius 2 is 1.92 bits per heavy atom. The first-order valence-electron chi connectivity index (χ1n) is 4.28. The number of aliphatic hydroxyl groups excluding tert-OH is 1. The Labute approximate surface area is 82.1 Å². The van der Waals surface area contributed by atoms with Gasteiger partial charge in [0, 0.05) is 10.9 Å². The second-order valence-corrected chi connectivity index (χ2v) is 3.70. The highest BCUT2D eigenvalue weighted by atomic mass is 35.5. The van der Waals surface area contributed by atoms with Crippen LogP contribution in [0, 0.1) is 0 Å². The Morgan fingerprint density at radius 3 is 2.46 bits per heavy atom. The topological polar surface area (TPSA) is 29.5 Å². The number of hydrogen-bond donors (Lipinski definition) is 1. The molecule has 2 rings (SSSR count). The van der Waals surface area contributed by atoms with Crippen LogP contribution in [0.5, 0.6) is 0 Å². The van der Waals surface area contributed by atoms with Gasteiger partial charge >= 0.3 is 0 Å². The van der Waals surface area contributed by atoms with Crippen LogP contribution in [0.2, 0.25) is 5.02 Å². The fourth-order valence-electron chi connectivity index (χ4n) is 1.57. The summed E-state index contributed by atoms with van der Waals surface area (Å²) in [6.45, 7) is 1.04. The average molecular weight is 199 g/mol. The minimum absolute atomic E-state index is 0.109. The van der Waals surface area contributed by atoms with E-state index in [1.54, 1.807) is 0 Å². The number of halogens is 1. The van der Waals surface area contributed by atoms with E-state index in [-0.39, 0.29) is 12.0 Å². The Kier molecular flexibility index (Phi) is 2.54. The molecule has 1 aromatic rings. The molecule has 1 heterocycles. The molecule has 2 atom stereocenters.